The van der Waals surface area contributed by atoms with Gasteiger partial charge >= 0.3 is 0 Å². The second kappa shape index (κ2) is 10.5. The highest BCUT2D eigenvalue weighted by molar-refractivity contribution is 5.65. The SMILES string of the molecule is COCc1cn(Cc2cc(F)c(NF)c(F)c2)c(Nc2cc(NOC=N)ccc2C)nc1=O. The van der Waals surface area contributed by atoms with Crippen LogP contribution in [0.5, 0.6) is 0 Å². The zero-order chi connectivity index (χ0) is 24.0. The summed E-state index contributed by atoms with van der Waals surface area (Å²) in [6.45, 7) is 1.72. The summed E-state index contributed by atoms with van der Waals surface area (Å²) in [5, 5.41) is 9.97. The van der Waals surface area contributed by atoms with Crippen LogP contribution < -0.4 is 21.9 Å². The molecule has 0 aliphatic heterocycles. The van der Waals surface area contributed by atoms with E-state index >= 15 is 0 Å². The fourth-order valence-corrected chi connectivity index (χ4v) is 3.05. The molecule has 1 aromatic heterocycles. The van der Waals surface area contributed by atoms with Crippen molar-refractivity contribution in [2.24, 2.45) is 0 Å². The molecule has 0 fully saturated rings. The third-order valence-corrected chi connectivity index (χ3v) is 4.63. The molecule has 3 rings (SSSR count). The average Bonchev–Trinajstić information content (AvgIpc) is 2.77. The lowest BCUT2D eigenvalue weighted by atomic mass is 10.1. The predicted octanol–water partition coefficient (Wildman–Crippen LogP) is 4.02. The van der Waals surface area contributed by atoms with Gasteiger partial charge in [-0.1, -0.05) is 6.07 Å². The van der Waals surface area contributed by atoms with Gasteiger partial charge in [0.2, 0.25) is 12.3 Å². The number of hydrogen-bond acceptors (Lipinski definition) is 8. The maximum absolute atomic E-state index is 14.0. The third-order valence-electron chi connectivity index (χ3n) is 4.63. The molecule has 0 unspecified atom stereocenters. The monoisotopic (exact) mass is 462 g/mol. The van der Waals surface area contributed by atoms with Crippen LogP contribution >= 0.6 is 0 Å². The maximum atomic E-state index is 14.0. The predicted molar refractivity (Wildman–Crippen MR) is 117 cm³/mol. The summed E-state index contributed by atoms with van der Waals surface area (Å²) < 4.78 is 47.2. The minimum absolute atomic E-state index is 0.0149. The number of benzene rings is 2. The van der Waals surface area contributed by atoms with Crippen LogP contribution in [0.1, 0.15) is 16.7 Å². The number of ether oxygens (including phenoxy) is 1. The summed E-state index contributed by atoms with van der Waals surface area (Å²) in [6, 6.07) is 7.12. The first kappa shape index (κ1) is 23.6. The van der Waals surface area contributed by atoms with Crippen molar-refractivity contribution in [2.45, 2.75) is 20.1 Å². The van der Waals surface area contributed by atoms with Crippen LogP contribution in [-0.4, -0.2) is 23.1 Å². The van der Waals surface area contributed by atoms with Gasteiger partial charge in [-0.25, -0.2) is 19.8 Å². The van der Waals surface area contributed by atoms with Crippen molar-refractivity contribution in [1.29, 1.82) is 5.41 Å². The molecule has 9 nitrogen and oxygen atoms in total. The van der Waals surface area contributed by atoms with Gasteiger partial charge < -0.3 is 19.5 Å². The fraction of sp³-hybridized carbons (Fsp3) is 0.190. The van der Waals surface area contributed by atoms with Crippen LogP contribution in [-0.2, 0) is 22.7 Å². The second-order valence-corrected chi connectivity index (χ2v) is 6.98. The van der Waals surface area contributed by atoms with E-state index in [2.05, 4.69) is 15.8 Å². The van der Waals surface area contributed by atoms with Gasteiger partial charge in [0.05, 0.1) is 24.4 Å². The Balaban J connectivity index is 2.03. The van der Waals surface area contributed by atoms with Crippen molar-refractivity contribution < 1.29 is 22.8 Å². The zero-order valence-electron chi connectivity index (χ0n) is 17.7. The number of aryl methyl sites for hydroxylation is 1. The molecule has 2 aromatic carbocycles. The Hall–Kier alpha value is -4.06. The molecule has 174 valence electrons. The van der Waals surface area contributed by atoms with Gasteiger partial charge in [0.25, 0.3) is 5.56 Å². The highest BCUT2D eigenvalue weighted by Gasteiger charge is 2.15. The first-order valence-electron chi connectivity index (χ1n) is 9.58. The van der Waals surface area contributed by atoms with E-state index in [-0.39, 0.29) is 30.2 Å². The highest BCUT2D eigenvalue weighted by Crippen LogP contribution is 2.25. The summed E-state index contributed by atoms with van der Waals surface area (Å²) in [6.07, 6.45) is 2.19. The Kier molecular flexibility index (Phi) is 7.51. The molecule has 33 heavy (non-hydrogen) atoms. The molecule has 0 spiro atoms. The van der Waals surface area contributed by atoms with E-state index in [9.17, 15) is 18.1 Å². The number of methoxy groups -OCH3 is 1. The van der Waals surface area contributed by atoms with Crippen LogP contribution in [0.3, 0.4) is 0 Å². The van der Waals surface area contributed by atoms with Gasteiger partial charge in [-0.05, 0) is 42.3 Å². The van der Waals surface area contributed by atoms with Gasteiger partial charge in [0.1, 0.15) is 5.69 Å². The summed E-state index contributed by atoms with van der Waals surface area (Å²) in [5.74, 6) is -2.11. The summed E-state index contributed by atoms with van der Waals surface area (Å²) >= 11 is 0. The molecule has 0 radical (unpaired) electrons. The average molecular weight is 462 g/mol. The molecule has 0 bridgehead atoms. The molecular formula is C21H21F3N6O3. The van der Waals surface area contributed by atoms with Crippen LogP contribution in [0.15, 0.2) is 41.3 Å². The number of aromatic nitrogens is 2. The molecular weight excluding hydrogens is 441 g/mol. The van der Waals surface area contributed by atoms with Crippen LogP contribution in [0.4, 0.5) is 36.3 Å². The molecule has 0 aliphatic carbocycles. The van der Waals surface area contributed by atoms with Crippen molar-refractivity contribution >= 4 is 29.4 Å². The Bertz CT molecular complexity index is 1200. The van der Waals surface area contributed by atoms with Gasteiger partial charge in [0.15, 0.2) is 11.6 Å². The van der Waals surface area contributed by atoms with Gasteiger partial charge in [-0.15, -0.1) is 4.48 Å². The fourth-order valence-electron chi connectivity index (χ4n) is 3.05. The summed E-state index contributed by atoms with van der Waals surface area (Å²) in [7, 11) is 1.42. The van der Waals surface area contributed by atoms with E-state index < -0.39 is 22.9 Å². The van der Waals surface area contributed by atoms with E-state index in [1.807, 2.05) is 6.92 Å². The van der Waals surface area contributed by atoms with Crippen molar-refractivity contribution in [2.75, 3.05) is 23.4 Å². The number of rotatable bonds is 10. The summed E-state index contributed by atoms with van der Waals surface area (Å²) in [5.41, 5.74) is 4.41. The normalized spacial score (nSPS) is 10.6. The molecule has 4 N–H and O–H groups in total. The first-order valence-corrected chi connectivity index (χ1v) is 9.58. The smallest absolute Gasteiger partial charge is 0.279 e. The van der Waals surface area contributed by atoms with E-state index in [0.29, 0.717) is 11.4 Å². The van der Waals surface area contributed by atoms with E-state index in [1.54, 1.807) is 18.2 Å². The van der Waals surface area contributed by atoms with E-state index in [1.165, 1.54) is 17.9 Å². The lowest BCUT2D eigenvalue weighted by molar-refractivity contribution is 0.183. The molecule has 0 saturated heterocycles. The van der Waals surface area contributed by atoms with Crippen LogP contribution in [0.25, 0.3) is 0 Å². The molecule has 1 heterocycles. The lowest BCUT2D eigenvalue weighted by Gasteiger charge is -2.17. The van der Waals surface area contributed by atoms with Crippen molar-refractivity contribution in [3.63, 3.8) is 0 Å². The highest BCUT2D eigenvalue weighted by atomic mass is 19.2. The standard InChI is InChI=1S/C21H21F3N6O3/c1-12-3-4-15(29-33-11-25)7-18(12)26-21-27-20(31)14(10-32-2)9-30(21)8-13-5-16(22)19(28-24)17(23)6-13/h3-7,9,11,25,28-29H,8,10H2,1-2H3,(H,26,27,31). The molecule has 0 amide bonds. The minimum atomic E-state index is -1.10. The molecule has 0 atom stereocenters. The third kappa shape index (κ3) is 5.60. The van der Waals surface area contributed by atoms with Gasteiger partial charge in [-0.3, -0.25) is 10.2 Å². The number of nitrogens with zero attached hydrogens (tertiary/aromatic N) is 2. The summed E-state index contributed by atoms with van der Waals surface area (Å²) in [4.78, 5) is 21.2. The topological polar surface area (TPSA) is 113 Å². The van der Waals surface area contributed by atoms with Crippen molar-refractivity contribution in [3.05, 3.63) is 75.2 Å². The Morgan fingerprint density at radius 1 is 1.21 bits per heavy atom. The molecule has 0 saturated carbocycles. The van der Waals surface area contributed by atoms with Crippen LogP contribution in [0.2, 0.25) is 0 Å². The lowest BCUT2D eigenvalue weighted by Crippen LogP contribution is -2.21. The maximum Gasteiger partial charge on any atom is 0.279 e. The number of hydrogen-bond donors (Lipinski definition) is 4. The second-order valence-electron chi connectivity index (χ2n) is 6.98. The molecule has 12 heteroatoms. The minimum Gasteiger partial charge on any atom is -0.380 e. The van der Waals surface area contributed by atoms with E-state index in [4.69, 9.17) is 15.0 Å². The van der Waals surface area contributed by atoms with Gasteiger partial charge in [-0.2, -0.15) is 4.98 Å². The van der Waals surface area contributed by atoms with Crippen molar-refractivity contribution in [3.8, 4) is 0 Å². The quantitative estimate of drug-likeness (QED) is 0.156. The number of nitrogens with one attached hydrogen (secondary N) is 4. The van der Waals surface area contributed by atoms with Gasteiger partial charge in [0, 0.05) is 19.0 Å². The number of anilines is 4. The first-order chi connectivity index (χ1) is 15.9. The molecule has 3 aromatic rings. The Labute approximate surface area is 186 Å². The van der Waals surface area contributed by atoms with Crippen LogP contribution in [0, 0.1) is 24.0 Å². The van der Waals surface area contributed by atoms with Crippen molar-refractivity contribution in [1.82, 2.24) is 9.55 Å². The number of halogens is 3. The van der Waals surface area contributed by atoms with E-state index in [0.717, 1.165) is 29.6 Å². The molecule has 0 aliphatic rings. The Morgan fingerprint density at radius 2 is 1.94 bits per heavy atom. The largest absolute Gasteiger partial charge is 0.380 e. The Morgan fingerprint density at radius 3 is 2.58 bits per heavy atom. The zero-order valence-corrected chi connectivity index (χ0v) is 17.7.